The molecule has 4 aromatic rings. The van der Waals surface area contributed by atoms with Crippen LogP contribution in [0.4, 0.5) is 11.6 Å². The minimum absolute atomic E-state index is 0.0411. The van der Waals surface area contributed by atoms with Crippen LogP contribution in [0.5, 0.6) is 11.5 Å². The minimum atomic E-state index is -0.314. The number of nitrogens with zero attached hydrogens (tertiary/aromatic N) is 4. The van der Waals surface area contributed by atoms with E-state index in [0.29, 0.717) is 47.5 Å². The molecule has 5 heterocycles. The van der Waals surface area contributed by atoms with E-state index in [1.165, 1.54) is 0 Å². The molecule has 0 radical (unpaired) electrons. The number of anilines is 2. The highest BCUT2D eigenvalue weighted by Gasteiger charge is 2.32. The van der Waals surface area contributed by atoms with Gasteiger partial charge in [-0.3, -0.25) is 14.7 Å². The summed E-state index contributed by atoms with van der Waals surface area (Å²) in [7, 11) is 0. The van der Waals surface area contributed by atoms with E-state index in [2.05, 4.69) is 30.8 Å². The number of nitrogens with one attached hydrogen (secondary N) is 3. The van der Waals surface area contributed by atoms with E-state index in [9.17, 15) is 9.59 Å². The van der Waals surface area contributed by atoms with Crippen LogP contribution in [0, 0.1) is 6.92 Å². The van der Waals surface area contributed by atoms with Gasteiger partial charge < -0.3 is 25.0 Å². The third kappa shape index (κ3) is 5.59. The third-order valence-corrected chi connectivity index (χ3v) is 7.20. The van der Waals surface area contributed by atoms with Gasteiger partial charge in [0.2, 0.25) is 0 Å². The highest BCUT2D eigenvalue weighted by atomic mass is 16.5. The Balaban J connectivity index is 1.14. The minimum Gasteiger partial charge on any atom is -0.456 e. The number of piperidine rings is 1. The summed E-state index contributed by atoms with van der Waals surface area (Å²) >= 11 is 0. The summed E-state index contributed by atoms with van der Waals surface area (Å²) in [6.07, 6.45) is 6.54. The fourth-order valence-corrected chi connectivity index (χ4v) is 5.17. The predicted octanol–water partition coefficient (Wildman–Crippen LogP) is 4.29. The number of rotatable bonds is 7. The van der Waals surface area contributed by atoms with Gasteiger partial charge in [-0.05, 0) is 74.6 Å². The molecule has 6 rings (SSSR count). The molecule has 206 valence electrons. The van der Waals surface area contributed by atoms with Crippen molar-refractivity contribution in [3.05, 3.63) is 66.0 Å². The molecular formula is C29H31N7O4. The van der Waals surface area contributed by atoms with E-state index >= 15 is 0 Å². The largest absolute Gasteiger partial charge is 0.456 e. The molecule has 11 heteroatoms. The van der Waals surface area contributed by atoms with Crippen molar-refractivity contribution in [1.82, 2.24) is 25.1 Å². The van der Waals surface area contributed by atoms with Crippen LogP contribution in [0.3, 0.4) is 0 Å². The first-order valence-corrected chi connectivity index (χ1v) is 13.6. The van der Waals surface area contributed by atoms with Crippen LogP contribution in [-0.4, -0.2) is 68.7 Å². The van der Waals surface area contributed by atoms with Crippen molar-refractivity contribution < 1.29 is 19.1 Å². The highest BCUT2D eigenvalue weighted by molar-refractivity contribution is 6.03. The summed E-state index contributed by atoms with van der Waals surface area (Å²) < 4.78 is 11.8. The third-order valence-electron chi connectivity index (χ3n) is 7.20. The van der Waals surface area contributed by atoms with Gasteiger partial charge in [0.1, 0.15) is 28.8 Å². The predicted molar refractivity (Wildman–Crippen MR) is 150 cm³/mol. The molecule has 1 aromatic carbocycles. The van der Waals surface area contributed by atoms with E-state index < -0.39 is 0 Å². The van der Waals surface area contributed by atoms with Crippen molar-refractivity contribution in [1.29, 1.82) is 0 Å². The van der Waals surface area contributed by atoms with Gasteiger partial charge in [0, 0.05) is 49.8 Å². The topological polar surface area (TPSA) is 134 Å². The zero-order valence-electron chi connectivity index (χ0n) is 22.2. The Morgan fingerprint density at radius 1 is 1.07 bits per heavy atom. The van der Waals surface area contributed by atoms with Crippen LogP contribution in [-0.2, 0) is 9.53 Å². The number of fused-ring (bicyclic) bond motifs is 1. The molecule has 2 saturated heterocycles. The maximum absolute atomic E-state index is 12.9. The van der Waals surface area contributed by atoms with Crippen molar-refractivity contribution in [2.45, 2.75) is 44.8 Å². The Morgan fingerprint density at radius 3 is 2.73 bits per heavy atom. The number of carbonyl (C=O) groups is 2. The van der Waals surface area contributed by atoms with Gasteiger partial charge in [-0.2, -0.15) is 5.10 Å². The van der Waals surface area contributed by atoms with E-state index in [1.54, 1.807) is 42.7 Å². The number of benzene rings is 1. The maximum Gasteiger partial charge on any atom is 0.256 e. The molecule has 0 saturated carbocycles. The molecule has 11 nitrogen and oxygen atoms in total. The fraction of sp³-hybridized carbons (Fsp3) is 0.345. The molecule has 3 aromatic heterocycles. The molecule has 40 heavy (non-hydrogen) atoms. The summed E-state index contributed by atoms with van der Waals surface area (Å²) in [4.78, 5) is 36.0. The molecule has 3 N–H and O–H groups in total. The second kappa shape index (κ2) is 11.3. The van der Waals surface area contributed by atoms with Crippen molar-refractivity contribution in [2.75, 3.05) is 30.3 Å². The first-order valence-electron chi connectivity index (χ1n) is 13.6. The lowest BCUT2D eigenvalue weighted by molar-refractivity contribution is -0.142. The number of amides is 2. The number of hydrogen-bond donors (Lipinski definition) is 3. The van der Waals surface area contributed by atoms with Crippen LogP contribution >= 0.6 is 0 Å². The lowest BCUT2D eigenvalue weighted by Crippen LogP contribution is -2.48. The summed E-state index contributed by atoms with van der Waals surface area (Å²) in [5.74, 6) is 2.09. The van der Waals surface area contributed by atoms with Crippen LogP contribution in [0.25, 0.3) is 11.0 Å². The SMILES string of the molecule is Cc1ccnc(NC(=O)c2ccc(Oc3ccnc4[nH]nc(N[C@@H]5CCCN(C(=O)[C@H]6CCCO6)C5)c34)cc2)c1. The lowest BCUT2D eigenvalue weighted by Gasteiger charge is -2.34. The van der Waals surface area contributed by atoms with E-state index in [1.807, 2.05) is 24.0 Å². The Hall–Kier alpha value is -4.51. The number of pyridine rings is 2. The number of hydrogen-bond acceptors (Lipinski definition) is 8. The van der Waals surface area contributed by atoms with Crippen LogP contribution in [0.2, 0.25) is 0 Å². The molecule has 2 atom stereocenters. The number of ether oxygens (including phenoxy) is 2. The Labute approximate surface area is 231 Å². The highest BCUT2D eigenvalue weighted by Crippen LogP contribution is 2.34. The van der Waals surface area contributed by atoms with Crippen molar-refractivity contribution in [3.8, 4) is 11.5 Å². The average molecular weight is 542 g/mol. The molecule has 0 spiro atoms. The maximum atomic E-state index is 12.9. The van der Waals surface area contributed by atoms with Gasteiger partial charge in [0.25, 0.3) is 11.8 Å². The first-order chi connectivity index (χ1) is 19.5. The first kappa shape index (κ1) is 25.8. The van der Waals surface area contributed by atoms with Gasteiger partial charge in [0.05, 0.1) is 0 Å². The fourth-order valence-electron chi connectivity index (χ4n) is 5.17. The second-order valence-corrected chi connectivity index (χ2v) is 10.2. The van der Waals surface area contributed by atoms with Crippen LogP contribution in [0.1, 0.15) is 41.6 Å². The van der Waals surface area contributed by atoms with Crippen molar-refractivity contribution in [3.63, 3.8) is 0 Å². The van der Waals surface area contributed by atoms with Gasteiger partial charge in [-0.15, -0.1) is 0 Å². The molecule has 2 aliphatic rings. The number of carbonyl (C=O) groups excluding carboxylic acids is 2. The monoisotopic (exact) mass is 541 g/mol. The van der Waals surface area contributed by atoms with E-state index in [-0.39, 0.29) is 24.0 Å². The average Bonchev–Trinajstić information content (AvgIpc) is 3.65. The van der Waals surface area contributed by atoms with Crippen LogP contribution < -0.4 is 15.4 Å². The summed E-state index contributed by atoms with van der Waals surface area (Å²) in [6.45, 7) is 3.92. The Morgan fingerprint density at radius 2 is 1.93 bits per heavy atom. The molecule has 2 aliphatic heterocycles. The number of aromatic nitrogens is 4. The Bertz CT molecular complexity index is 1510. The van der Waals surface area contributed by atoms with E-state index in [0.717, 1.165) is 43.2 Å². The molecule has 0 bridgehead atoms. The molecule has 2 amide bonds. The number of likely N-dealkylation sites (tertiary alicyclic amines) is 1. The zero-order chi connectivity index (χ0) is 27.5. The lowest BCUT2D eigenvalue weighted by atomic mass is 10.0. The van der Waals surface area contributed by atoms with Crippen molar-refractivity contribution in [2.24, 2.45) is 0 Å². The van der Waals surface area contributed by atoms with Gasteiger partial charge in [-0.25, -0.2) is 9.97 Å². The number of aromatic amines is 1. The smallest absolute Gasteiger partial charge is 0.256 e. The van der Waals surface area contributed by atoms with Gasteiger partial charge in [0.15, 0.2) is 11.5 Å². The quantitative estimate of drug-likeness (QED) is 0.316. The summed E-state index contributed by atoms with van der Waals surface area (Å²) in [5, 5.41) is 14.5. The van der Waals surface area contributed by atoms with Gasteiger partial charge in [-0.1, -0.05) is 0 Å². The zero-order valence-corrected chi connectivity index (χ0v) is 22.2. The van der Waals surface area contributed by atoms with E-state index in [4.69, 9.17) is 9.47 Å². The Kier molecular flexibility index (Phi) is 7.28. The summed E-state index contributed by atoms with van der Waals surface area (Å²) in [6, 6.07) is 12.4. The van der Waals surface area contributed by atoms with Gasteiger partial charge >= 0.3 is 0 Å². The standard InChI is InChI=1S/C29H31N7O4/c1-18-10-12-30-24(16-18)33-28(37)19-6-8-21(9-7-19)40-22-11-13-31-26-25(22)27(35-34-26)32-20-4-2-14-36(17-20)29(38)23-5-3-15-39-23/h6-13,16,20,23H,2-5,14-15,17H2,1H3,(H,30,33,37)(H2,31,32,34,35)/t20-,23-/m1/s1. The summed E-state index contributed by atoms with van der Waals surface area (Å²) in [5.41, 5.74) is 2.09. The number of aryl methyl sites for hydroxylation is 1. The van der Waals surface area contributed by atoms with Crippen molar-refractivity contribution >= 4 is 34.5 Å². The molecular weight excluding hydrogens is 510 g/mol. The second-order valence-electron chi connectivity index (χ2n) is 10.2. The molecule has 0 aliphatic carbocycles. The number of H-pyrrole nitrogens is 1. The molecule has 0 unspecified atom stereocenters. The van der Waals surface area contributed by atoms with Crippen LogP contribution in [0.15, 0.2) is 54.9 Å². The molecule has 2 fully saturated rings. The normalized spacial score (nSPS) is 19.0.